The predicted octanol–water partition coefficient (Wildman–Crippen LogP) is 3.72. The summed E-state index contributed by atoms with van der Waals surface area (Å²) in [5, 5.41) is 9.36. The van der Waals surface area contributed by atoms with E-state index in [9.17, 15) is 9.90 Å². The largest absolute Gasteiger partial charge is 0.481 e. The number of thiophene rings is 1. The van der Waals surface area contributed by atoms with Crippen molar-refractivity contribution < 1.29 is 9.90 Å². The Morgan fingerprint density at radius 3 is 2.39 bits per heavy atom. The van der Waals surface area contributed by atoms with Gasteiger partial charge in [0.05, 0.1) is 5.92 Å². The van der Waals surface area contributed by atoms with Crippen LogP contribution in [0.15, 0.2) is 42.5 Å². The van der Waals surface area contributed by atoms with Crippen LogP contribution in [0.25, 0.3) is 0 Å². The number of aliphatic carboxylic acids is 1. The van der Waals surface area contributed by atoms with Gasteiger partial charge < -0.3 is 5.11 Å². The first-order valence-electron chi connectivity index (χ1n) is 6.06. The van der Waals surface area contributed by atoms with Crippen LogP contribution < -0.4 is 0 Å². The van der Waals surface area contributed by atoms with Crippen molar-refractivity contribution in [2.24, 2.45) is 0 Å². The molecular weight excluding hydrogens is 244 g/mol. The van der Waals surface area contributed by atoms with Crippen LogP contribution in [0.2, 0.25) is 0 Å². The summed E-state index contributed by atoms with van der Waals surface area (Å²) in [6.45, 7) is 2.11. The van der Waals surface area contributed by atoms with Crippen LogP contribution >= 0.6 is 11.3 Å². The Morgan fingerprint density at radius 2 is 1.83 bits per heavy atom. The second-order valence-electron chi connectivity index (χ2n) is 4.23. The quantitative estimate of drug-likeness (QED) is 0.889. The highest BCUT2D eigenvalue weighted by atomic mass is 32.1. The van der Waals surface area contributed by atoms with E-state index in [1.807, 2.05) is 36.4 Å². The molecule has 94 valence electrons. The van der Waals surface area contributed by atoms with Gasteiger partial charge in [-0.3, -0.25) is 4.79 Å². The molecule has 1 unspecified atom stereocenters. The molecule has 0 radical (unpaired) electrons. The minimum Gasteiger partial charge on any atom is -0.481 e. The number of carboxylic acids is 1. The molecule has 2 aromatic rings. The molecule has 0 fully saturated rings. The standard InChI is InChI=1S/C15H16O2S/c1-2-12-8-9-13(18-12)10-14(15(16)17)11-6-4-3-5-7-11/h3-9,14H,2,10H2,1H3,(H,16,17). The highest BCUT2D eigenvalue weighted by Crippen LogP contribution is 2.26. The summed E-state index contributed by atoms with van der Waals surface area (Å²) in [5.41, 5.74) is 0.872. The lowest BCUT2D eigenvalue weighted by molar-refractivity contribution is -0.138. The SMILES string of the molecule is CCc1ccc(CC(C(=O)O)c2ccccc2)s1. The molecular formula is C15H16O2S. The maximum Gasteiger partial charge on any atom is 0.311 e. The molecule has 1 aromatic heterocycles. The van der Waals surface area contributed by atoms with Crippen molar-refractivity contribution in [3.05, 3.63) is 57.8 Å². The fourth-order valence-electron chi connectivity index (χ4n) is 1.96. The van der Waals surface area contributed by atoms with Crippen molar-refractivity contribution in [2.45, 2.75) is 25.7 Å². The van der Waals surface area contributed by atoms with Crippen LogP contribution in [0.5, 0.6) is 0 Å². The molecule has 1 N–H and O–H groups in total. The third-order valence-corrected chi connectivity index (χ3v) is 4.22. The van der Waals surface area contributed by atoms with E-state index in [4.69, 9.17) is 0 Å². The van der Waals surface area contributed by atoms with E-state index in [1.165, 1.54) is 4.88 Å². The molecule has 0 amide bonds. The average molecular weight is 260 g/mol. The summed E-state index contributed by atoms with van der Waals surface area (Å²) in [6.07, 6.45) is 1.58. The Kier molecular flexibility index (Phi) is 4.15. The molecule has 0 saturated carbocycles. The Bertz CT molecular complexity index is 516. The fraction of sp³-hybridized carbons (Fsp3) is 0.267. The summed E-state index contributed by atoms with van der Waals surface area (Å²) in [4.78, 5) is 13.8. The lowest BCUT2D eigenvalue weighted by atomic mass is 9.95. The van der Waals surface area contributed by atoms with Gasteiger partial charge in [0.15, 0.2) is 0 Å². The van der Waals surface area contributed by atoms with Gasteiger partial charge >= 0.3 is 5.97 Å². The van der Waals surface area contributed by atoms with Gasteiger partial charge in [-0.15, -0.1) is 11.3 Å². The smallest absolute Gasteiger partial charge is 0.311 e. The molecule has 2 rings (SSSR count). The first-order chi connectivity index (χ1) is 8.70. The lowest BCUT2D eigenvalue weighted by Gasteiger charge is -2.11. The molecule has 1 heterocycles. The molecule has 0 aliphatic heterocycles. The number of aryl methyl sites for hydroxylation is 1. The van der Waals surface area contributed by atoms with E-state index in [0.717, 1.165) is 16.9 Å². The van der Waals surface area contributed by atoms with Gasteiger partial charge in [-0.25, -0.2) is 0 Å². The van der Waals surface area contributed by atoms with Gasteiger partial charge in [-0.1, -0.05) is 37.3 Å². The zero-order valence-electron chi connectivity index (χ0n) is 10.3. The molecule has 3 heteroatoms. The van der Waals surface area contributed by atoms with Crippen LogP contribution in [0.3, 0.4) is 0 Å². The number of benzene rings is 1. The van der Waals surface area contributed by atoms with E-state index < -0.39 is 11.9 Å². The van der Waals surface area contributed by atoms with Crippen LogP contribution in [0.4, 0.5) is 0 Å². The molecule has 1 atom stereocenters. The summed E-state index contributed by atoms with van der Waals surface area (Å²) in [6, 6.07) is 13.6. The predicted molar refractivity (Wildman–Crippen MR) is 74.2 cm³/mol. The topological polar surface area (TPSA) is 37.3 Å². The van der Waals surface area contributed by atoms with Crippen molar-refractivity contribution in [1.82, 2.24) is 0 Å². The zero-order valence-corrected chi connectivity index (χ0v) is 11.1. The third kappa shape index (κ3) is 2.99. The van der Waals surface area contributed by atoms with Crippen molar-refractivity contribution in [3.63, 3.8) is 0 Å². The summed E-state index contributed by atoms with van der Waals surface area (Å²) < 4.78 is 0. The van der Waals surface area contributed by atoms with Crippen molar-refractivity contribution in [2.75, 3.05) is 0 Å². The first-order valence-corrected chi connectivity index (χ1v) is 6.87. The van der Waals surface area contributed by atoms with Crippen LogP contribution in [0, 0.1) is 0 Å². The van der Waals surface area contributed by atoms with Gasteiger partial charge in [0.1, 0.15) is 0 Å². The van der Waals surface area contributed by atoms with Crippen LogP contribution in [0.1, 0.15) is 28.2 Å². The Hall–Kier alpha value is -1.61. The van der Waals surface area contributed by atoms with Crippen LogP contribution in [-0.2, 0) is 17.6 Å². The number of carboxylic acid groups (broad SMARTS) is 1. The molecule has 0 bridgehead atoms. The molecule has 18 heavy (non-hydrogen) atoms. The van der Waals surface area contributed by atoms with E-state index in [2.05, 4.69) is 13.0 Å². The van der Waals surface area contributed by atoms with E-state index >= 15 is 0 Å². The second-order valence-corrected chi connectivity index (χ2v) is 5.48. The molecule has 0 aliphatic rings. The first kappa shape index (κ1) is 12.8. The zero-order chi connectivity index (χ0) is 13.0. The van der Waals surface area contributed by atoms with Crippen molar-refractivity contribution >= 4 is 17.3 Å². The third-order valence-electron chi connectivity index (χ3n) is 2.97. The number of hydrogen-bond acceptors (Lipinski definition) is 2. The fourth-order valence-corrected chi connectivity index (χ4v) is 2.96. The molecule has 2 nitrogen and oxygen atoms in total. The summed E-state index contributed by atoms with van der Waals surface area (Å²) >= 11 is 1.71. The Labute approximate surface area is 111 Å². The Morgan fingerprint density at radius 1 is 1.17 bits per heavy atom. The van der Waals surface area contributed by atoms with Gasteiger partial charge in [0.25, 0.3) is 0 Å². The normalized spacial score (nSPS) is 12.3. The van der Waals surface area contributed by atoms with E-state index in [0.29, 0.717) is 6.42 Å². The highest BCUT2D eigenvalue weighted by Gasteiger charge is 2.20. The maximum atomic E-state index is 11.4. The number of carbonyl (C=O) groups is 1. The highest BCUT2D eigenvalue weighted by molar-refractivity contribution is 7.12. The second kappa shape index (κ2) is 5.83. The lowest BCUT2D eigenvalue weighted by Crippen LogP contribution is -2.13. The van der Waals surface area contributed by atoms with Gasteiger partial charge in [-0.05, 0) is 30.5 Å². The molecule has 0 aliphatic carbocycles. The van der Waals surface area contributed by atoms with Crippen LogP contribution in [-0.4, -0.2) is 11.1 Å². The number of rotatable bonds is 5. The molecule has 1 aromatic carbocycles. The minimum absolute atomic E-state index is 0.449. The monoisotopic (exact) mass is 260 g/mol. The van der Waals surface area contributed by atoms with E-state index in [-0.39, 0.29) is 0 Å². The van der Waals surface area contributed by atoms with E-state index in [1.54, 1.807) is 11.3 Å². The Balaban J connectivity index is 2.19. The van der Waals surface area contributed by atoms with Crippen molar-refractivity contribution in [1.29, 1.82) is 0 Å². The number of hydrogen-bond donors (Lipinski definition) is 1. The summed E-state index contributed by atoms with van der Waals surface area (Å²) in [5.74, 6) is -1.21. The molecule has 0 spiro atoms. The summed E-state index contributed by atoms with van der Waals surface area (Å²) in [7, 11) is 0. The van der Waals surface area contributed by atoms with Gasteiger partial charge in [0.2, 0.25) is 0 Å². The van der Waals surface area contributed by atoms with Gasteiger partial charge in [0, 0.05) is 9.75 Å². The van der Waals surface area contributed by atoms with Gasteiger partial charge in [-0.2, -0.15) is 0 Å². The maximum absolute atomic E-state index is 11.4. The molecule has 0 saturated heterocycles. The minimum atomic E-state index is -0.757. The average Bonchev–Trinajstić information content (AvgIpc) is 2.84. The van der Waals surface area contributed by atoms with Crippen molar-refractivity contribution in [3.8, 4) is 0 Å².